The van der Waals surface area contributed by atoms with Gasteiger partial charge in [0.25, 0.3) is 0 Å². The Balaban J connectivity index is 2.50. The number of nitrogens with zero attached hydrogens (tertiary/aromatic N) is 2. The molecule has 0 bridgehead atoms. The minimum absolute atomic E-state index is 0.348. The highest BCUT2D eigenvalue weighted by atomic mass is 35.5. The molecule has 0 aliphatic carbocycles. The molecule has 3 nitrogen and oxygen atoms in total. The Morgan fingerprint density at radius 2 is 1.94 bits per heavy atom. The van der Waals surface area contributed by atoms with Crippen molar-refractivity contribution in [2.24, 2.45) is 0 Å². The number of hydrogen-bond acceptors (Lipinski definition) is 3. The summed E-state index contributed by atoms with van der Waals surface area (Å²) in [5, 5.41) is 0.348. The molecule has 0 aliphatic heterocycles. The number of aromatic nitrogens is 2. The molecule has 1 aromatic heterocycles. The predicted octanol–water partition coefficient (Wildman–Crippen LogP) is 3.58. The number of hydrogen-bond donors (Lipinski definition) is 1. The SMILES string of the molecule is C=Cc1nc(-c2ccc(N)cc2)cnc1C(=C)Cl. The number of anilines is 1. The molecule has 2 aromatic rings. The van der Waals surface area contributed by atoms with Gasteiger partial charge in [-0.2, -0.15) is 0 Å². The second kappa shape index (κ2) is 5.02. The van der Waals surface area contributed by atoms with Gasteiger partial charge in [0.2, 0.25) is 0 Å². The maximum Gasteiger partial charge on any atom is 0.107 e. The lowest BCUT2D eigenvalue weighted by Gasteiger charge is -2.06. The monoisotopic (exact) mass is 257 g/mol. The van der Waals surface area contributed by atoms with Crippen molar-refractivity contribution in [3.63, 3.8) is 0 Å². The van der Waals surface area contributed by atoms with Crippen LogP contribution >= 0.6 is 11.6 Å². The molecule has 0 spiro atoms. The summed E-state index contributed by atoms with van der Waals surface area (Å²) in [4.78, 5) is 8.70. The zero-order valence-electron chi connectivity index (χ0n) is 9.73. The van der Waals surface area contributed by atoms with E-state index in [0.717, 1.165) is 11.3 Å². The first-order chi connectivity index (χ1) is 8.61. The summed E-state index contributed by atoms with van der Waals surface area (Å²) in [6, 6.07) is 7.42. The van der Waals surface area contributed by atoms with Gasteiger partial charge in [0.15, 0.2) is 0 Å². The first-order valence-corrected chi connectivity index (χ1v) is 5.70. The third-order valence-electron chi connectivity index (χ3n) is 2.46. The molecule has 0 atom stereocenters. The molecule has 0 radical (unpaired) electrons. The Labute approximate surface area is 111 Å². The van der Waals surface area contributed by atoms with E-state index >= 15 is 0 Å². The molecule has 0 saturated heterocycles. The fourth-order valence-electron chi connectivity index (χ4n) is 1.55. The summed E-state index contributed by atoms with van der Waals surface area (Å²) in [6.45, 7) is 7.35. The Morgan fingerprint density at radius 3 is 2.50 bits per heavy atom. The normalized spacial score (nSPS) is 10.1. The Kier molecular flexibility index (Phi) is 3.44. The van der Waals surface area contributed by atoms with Crippen molar-refractivity contribution in [2.45, 2.75) is 0 Å². The summed E-state index contributed by atoms with van der Waals surface area (Å²) in [5.41, 5.74) is 9.19. The van der Waals surface area contributed by atoms with E-state index in [1.807, 2.05) is 24.3 Å². The van der Waals surface area contributed by atoms with Gasteiger partial charge in [0.05, 0.1) is 22.6 Å². The molecule has 2 rings (SSSR count). The minimum atomic E-state index is 0.348. The van der Waals surface area contributed by atoms with Crippen molar-refractivity contribution < 1.29 is 0 Å². The average Bonchev–Trinajstić information content (AvgIpc) is 2.38. The second-order valence-electron chi connectivity index (χ2n) is 3.72. The molecule has 0 aliphatic rings. The van der Waals surface area contributed by atoms with Crippen LogP contribution in [-0.4, -0.2) is 9.97 Å². The van der Waals surface area contributed by atoms with Crippen LogP contribution in [0.4, 0.5) is 5.69 Å². The number of nitrogen functional groups attached to an aromatic ring is 1. The van der Waals surface area contributed by atoms with E-state index in [-0.39, 0.29) is 0 Å². The first kappa shape index (κ1) is 12.3. The molecule has 0 amide bonds. The zero-order chi connectivity index (χ0) is 13.1. The summed E-state index contributed by atoms with van der Waals surface area (Å²) >= 11 is 5.84. The van der Waals surface area contributed by atoms with Gasteiger partial charge in [-0.15, -0.1) is 0 Å². The van der Waals surface area contributed by atoms with Crippen molar-refractivity contribution >= 4 is 28.4 Å². The summed E-state index contributed by atoms with van der Waals surface area (Å²) in [6.07, 6.45) is 3.26. The standard InChI is InChI=1S/C14H12ClN3/c1-3-12-14(9(2)15)17-8-13(18-12)10-4-6-11(16)7-5-10/h3-8H,1-2,16H2. The highest BCUT2D eigenvalue weighted by molar-refractivity contribution is 6.48. The van der Waals surface area contributed by atoms with Crippen molar-refractivity contribution in [3.8, 4) is 11.3 Å². The second-order valence-corrected chi connectivity index (χ2v) is 4.18. The number of nitrogens with two attached hydrogens (primary N) is 1. The van der Waals surface area contributed by atoms with Crippen molar-refractivity contribution in [1.82, 2.24) is 9.97 Å². The van der Waals surface area contributed by atoms with Gasteiger partial charge in [-0.25, -0.2) is 4.98 Å². The molecule has 90 valence electrons. The third-order valence-corrected chi connectivity index (χ3v) is 2.64. The predicted molar refractivity (Wildman–Crippen MR) is 76.9 cm³/mol. The molecule has 0 fully saturated rings. The average molecular weight is 258 g/mol. The Bertz CT molecular complexity index is 603. The van der Waals surface area contributed by atoms with Crippen LogP contribution in [0.25, 0.3) is 22.4 Å². The van der Waals surface area contributed by atoms with Crippen LogP contribution in [0.3, 0.4) is 0 Å². The Hall–Kier alpha value is -2.13. The quantitative estimate of drug-likeness (QED) is 0.855. The van der Waals surface area contributed by atoms with Crippen LogP contribution in [0.2, 0.25) is 0 Å². The summed E-state index contributed by atoms with van der Waals surface area (Å²) < 4.78 is 0. The van der Waals surface area contributed by atoms with E-state index in [9.17, 15) is 0 Å². The van der Waals surface area contributed by atoms with Crippen LogP contribution in [-0.2, 0) is 0 Å². The van der Waals surface area contributed by atoms with Gasteiger partial charge in [-0.3, -0.25) is 4.98 Å². The molecule has 18 heavy (non-hydrogen) atoms. The molecule has 4 heteroatoms. The van der Waals surface area contributed by atoms with Crippen LogP contribution in [0.1, 0.15) is 11.4 Å². The smallest absolute Gasteiger partial charge is 0.107 e. The number of rotatable bonds is 3. The largest absolute Gasteiger partial charge is 0.399 e. The molecule has 0 saturated carbocycles. The van der Waals surface area contributed by atoms with Crippen molar-refractivity contribution in [1.29, 1.82) is 0 Å². The van der Waals surface area contributed by atoms with E-state index in [1.54, 1.807) is 12.3 Å². The first-order valence-electron chi connectivity index (χ1n) is 5.32. The van der Waals surface area contributed by atoms with E-state index < -0.39 is 0 Å². The number of benzene rings is 1. The Morgan fingerprint density at radius 1 is 1.28 bits per heavy atom. The van der Waals surface area contributed by atoms with E-state index in [4.69, 9.17) is 17.3 Å². The highest BCUT2D eigenvalue weighted by Crippen LogP contribution is 2.23. The molecular weight excluding hydrogens is 246 g/mol. The highest BCUT2D eigenvalue weighted by Gasteiger charge is 2.08. The molecule has 1 heterocycles. The lowest BCUT2D eigenvalue weighted by molar-refractivity contribution is 1.16. The van der Waals surface area contributed by atoms with Crippen LogP contribution in [0.15, 0.2) is 43.6 Å². The summed E-state index contributed by atoms with van der Waals surface area (Å²) in [7, 11) is 0. The van der Waals surface area contributed by atoms with E-state index in [0.29, 0.717) is 22.1 Å². The number of halogens is 1. The van der Waals surface area contributed by atoms with Gasteiger partial charge < -0.3 is 5.73 Å². The van der Waals surface area contributed by atoms with Gasteiger partial charge in [-0.05, 0) is 18.2 Å². The molecule has 1 aromatic carbocycles. The van der Waals surface area contributed by atoms with Crippen LogP contribution in [0, 0.1) is 0 Å². The maximum absolute atomic E-state index is 5.84. The third kappa shape index (κ3) is 2.41. The minimum Gasteiger partial charge on any atom is -0.399 e. The molecule has 0 unspecified atom stereocenters. The van der Waals surface area contributed by atoms with Gasteiger partial charge in [-0.1, -0.05) is 36.9 Å². The molecule has 2 N–H and O–H groups in total. The molecular formula is C14H12ClN3. The van der Waals surface area contributed by atoms with Gasteiger partial charge >= 0.3 is 0 Å². The van der Waals surface area contributed by atoms with Crippen LogP contribution in [0.5, 0.6) is 0 Å². The maximum atomic E-state index is 5.84. The van der Waals surface area contributed by atoms with E-state index in [1.165, 1.54) is 0 Å². The van der Waals surface area contributed by atoms with Gasteiger partial charge in [0.1, 0.15) is 5.69 Å². The van der Waals surface area contributed by atoms with Crippen molar-refractivity contribution in [2.75, 3.05) is 5.73 Å². The lowest BCUT2D eigenvalue weighted by atomic mass is 10.1. The fourth-order valence-corrected chi connectivity index (χ4v) is 1.69. The zero-order valence-corrected chi connectivity index (χ0v) is 10.5. The fraction of sp³-hybridized carbons (Fsp3) is 0. The lowest BCUT2D eigenvalue weighted by Crippen LogP contribution is -1.96. The summed E-state index contributed by atoms with van der Waals surface area (Å²) in [5.74, 6) is 0. The van der Waals surface area contributed by atoms with E-state index in [2.05, 4.69) is 23.1 Å². The van der Waals surface area contributed by atoms with Crippen molar-refractivity contribution in [3.05, 3.63) is 55.0 Å². The van der Waals surface area contributed by atoms with Gasteiger partial charge in [0, 0.05) is 11.3 Å². The van der Waals surface area contributed by atoms with Crippen LogP contribution < -0.4 is 5.73 Å². The topological polar surface area (TPSA) is 51.8 Å².